The molecule has 110 valence electrons. The van der Waals surface area contributed by atoms with Crippen molar-refractivity contribution in [3.05, 3.63) is 0 Å². The fourth-order valence-electron chi connectivity index (χ4n) is 1.56. The van der Waals surface area contributed by atoms with E-state index in [1.165, 1.54) is 11.9 Å². The first kappa shape index (κ1) is 17.2. The Morgan fingerprint density at radius 3 is 2.26 bits per heavy atom. The van der Waals surface area contributed by atoms with Crippen LogP contribution in [0.25, 0.3) is 0 Å². The summed E-state index contributed by atoms with van der Waals surface area (Å²) in [5.41, 5.74) is 0. The van der Waals surface area contributed by atoms with Crippen LogP contribution in [0.1, 0.15) is 33.1 Å². The summed E-state index contributed by atoms with van der Waals surface area (Å²) in [6.45, 7) is 4.05. The van der Waals surface area contributed by atoms with Gasteiger partial charge < -0.3 is 20.6 Å². The Bertz CT molecular complexity index is 318. The van der Waals surface area contributed by atoms with E-state index in [4.69, 9.17) is 5.11 Å². The van der Waals surface area contributed by atoms with Gasteiger partial charge in [-0.2, -0.15) is 0 Å². The maximum atomic E-state index is 11.9. The largest absolute Gasteiger partial charge is 0.480 e. The van der Waals surface area contributed by atoms with Gasteiger partial charge in [0.1, 0.15) is 12.6 Å². The number of carboxylic acid groups (broad SMARTS) is 1. The van der Waals surface area contributed by atoms with E-state index < -0.39 is 18.0 Å². The Morgan fingerprint density at radius 1 is 1.21 bits per heavy atom. The number of carboxylic acids is 1. The molecule has 0 fully saturated rings. The van der Waals surface area contributed by atoms with Crippen LogP contribution < -0.4 is 10.6 Å². The molecule has 19 heavy (non-hydrogen) atoms. The molecular weight excluding hydrogens is 250 g/mol. The maximum Gasteiger partial charge on any atom is 0.326 e. The minimum Gasteiger partial charge on any atom is -0.480 e. The van der Waals surface area contributed by atoms with Crippen molar-refractivity contribution in [1.29, 1.82) is 0 Å². The van der Waals surface area contributed by atoms with E-state index >= 15 is 0 Å². The van der Waals surface area contributed by atoms with Gasteiger partial charge in [0.05, 0.1) is 0 Å². The van der Waals surface area contributed by atoms with Crippen LogP contribution in [0, 0.1) is 0 Å². The highest BCUT2D eigenvalue weighted by Gasteiger charge is 2.23. The first-order chi connectivity index (χ1) is 8.96. The third-order valence-electron chi connectivity index (χ3n) is 2.57. The van der Waals surface area contributed by atoms with Crippen molar-refractivity contribution in [2.75, 3.05) is 20.1 Å². The van der Waals surface area contributed by atoms with Gasteiger partial charge in [0.2, 0.25) is 5.91 Å². The number of carbonyl (C=O) groups is 3. The minimum absolute atomic E-state index is 0.0748. The molecule has 0 saturated heterocycles. The molecule has 7 nitrogen and oxygen atoms in total. The van der Waals surface area contributed by atoms with Crippen LogP contribution in [0.4, 0.5) is 4.79 Å². The molecule has 1 unspecified atom stereocenters. The van der Waals surface area contributed by atoms with Crippen molar-refractivity contribution >= 4 is 17.9 Å². The van der Waals surface area contributed by atoms with Crippen LogP contribution >= 0.6 is 0 Å². The zero-order valence-corrected chi connectivity index (χ0v) is 11.7. The molecule has 0 bridgehead atoms. The highest BCUT2D eigenvalue weighted by Crippen LogP contribution is 2.00. The van der Waals surface area contributed by atoms with Gasteiger partial charge in [0.15, 0.2) is 0 Å². The normalized spacial score (nSPS) is 11.5. The fourth-order valence-corrected chi connectivity index (χ4v) is 1.56. The summed E-state index contributed by atoms with van der Waals surface area (Å²) in [7, 11) is 1.49. The van der Waals surface area contributed by atoms with Gasteiger partial charge >= 0.3 is 12.0 Å². The molecule has 0 rings (SSSR count). The van der Waals surface area contributed by atoms with Crippen LogP contribution in [-0.4, -0.2) is 54.1 Å². The monoisotopic (exact) mass is 273 g/mol. The van der Waals surface area contributed by atoms with E-state index in [9.17, 15) is 14.4 Å². The molecule has 0 heterocycles. The number of rotatable bonds is 8. The Morgan fingerprint density at radius 2 is 1.84 bits per heavy atom. The third kappa shape index (κ3) is 6.64. The summed E-state index contributed by atoms with van der Waals surface area (Å²) >= 11 is 0. The Kier molecular flexibility index (Phi) is 8.32. The zero-order valence-electron chi connectivity index (χ0n) is 11.7. The lowest BCUT2D eigenvalue weighted by Crippen LogP contribution is -2.50. The van der Waals surface area contributed by atoms with Crippen molar-refractivity contribution in [3.8, 4) is 0 Å². The lowest BCUT2D eigenvalue weighted by molar-refractivity contribution is -0.139. The molecule has 0 saturated carbocycles. The minimum atomic E-state index is -1.06. The summed E-state index contributed by atoms with van der Waals surface area (Å²) in [6.07, 6.45) is 1.71. The second-order valence-corrected chi connectivity index (χ2v) is 4.22. The SMILES string of the molecule is CCCC(NC(=O)N(CCC)CC(=O)NC)C(=O)O. The van der Waals surface area contributed by atoms with Crippen molar-refractivity contribution in [3.63, 3.8) is 0 Å². The second kappa shape index (κ2) is 9.18. The number of nitrogens with zero attached hydrogens (tertiary/aromatic N) is 1. The van der Waals surface area contributed by atoms with Gasteiger partial charge in [-0.15, -0.1) is 0 Å². The predicted molar refractivity (Wildman–Crippen MR) is 70.8 cm³/mol. The van der Waals surface area contributed by atoms with Crippen LogP contribution in [0.2, 0.25) is 0 Å². The summed E-state index contributed by atoms with van der Waals surface area (Å²) < 4.78 is 0. The van der Waals surface area contributed by atoms with Gasteiger partial charge in [0, 0.05) is 13.6 Å². The molecule has 0 radical (unpaired) electrons. The van der Waals surface area contributed by atoms with E-state index in [0.717, 1.165) is 0 Å². The average molecular weight is 273 g/mol. The standard InChI is InChI=1S/C12H23N3O4/c1-4-6-9(11(17)18)14-12(19)15(7-5-2)8-10(16)13-3/h9H,4-8H2,1-3H3,(H,13,16)(H,14,19)(H,17,18). The molecule has 0 spiro atoms. The number of hydrogen-bond acceptors (Lipinski definition) is 3. The molecule has 0 aromatic rings. The zero-order chi connectivity index (χ0) is 14.8. The molecule has 3 N–H and O–H groups in total. The Balaban J connectivity index is 4.60. The quantitative estimate of drug-likeness (QED) is 0.596. The van der Waals surface area contributed by atoms with E-state index in [-0.39, 0.29) is 12.5 Å². The van der Waals surface area contributed by atoms with Crippen molar-refractivity contribution in [2.24, 2.45) is 0 Å². The van der Waals surface area contributed by atoms with Gasteiger partial charge in [-0.3, -0.25) is 4.79 Å². The maximum absolute atomic E-state index is 11.9. The van der Waals surface area contributed by atoms with Crippen molar-refractivity contribution in [1.82, 2.24) is 15.5 Å². The first-order valence-corrected chi connectivity index (χ1v) is 6.45. The number of hydrogen-bond donors (Lipinski definition) is 3. The lowest BCUT2D eigenvalue weighted by atomic mass is 10.2. The van der Waals surface area contributed by atoms with E-state index in [0.29, 0.717) is 25.8 Å². The number of carbonyl (C=O) groups excluding carboxylic acids is 2. The summed E-state index contributed by atoms with van der Waals surface area (Å²) in [5.74, 6) is -1.35. The number of urea groups is 1. The highest BCUT2D eigenvalue weighted by molar-refractivity contribution is 5.86. The molecule has 0 aliphatic rings. The number of amides is 3. The van der Waals surface area contributed by atoms with Crippen LogP contribution in [0.3, 0.4) is 0 Å². The predicted octanol–water partition coefficient (Wildman–Crippen LogP) is 0.407. The number of nitrogens with one attached hydrogen (secondary N) is 2. The number of aliphatic carboxylic acids is 1. The highest BCUT2D eigenvalue weighted by atomic mass is 16.4. The van der Waals surface area contributed by atoms with E-state index in [2.05, 4.69) is 10.6 Å². The van der Waals surface area contributed by atoms with E-state index in [1.807, 2.05) is 13.8 Å². The number of likely N-dealkylation sites (N-methyl/N-ethyl adjacent to an activating group) is 1. The van der Waals surface area contributed by atoms with Crippen LogP contribution in [-0.2, 0) is 9.59 Å². The molecular formula is C12H23N3O4. The van der Waals surface area contributed by atoms with Gasteiger partial charge in [-0.1, -0.05) is 20.3 Å². The van der Waals surface area contributed by atoms with Crippen molar-refractivity contribution in [2.45, 2.75) is 39.2 Å². The van der Waals surface area contributed by atoms with Crippen molar-refractivity contribution < 1.29 is 19.5 Å². The molecule has 0 aliphatic carbocycles. The topological polar surface area (TPSA) is 98.7 Å². The summed E-state index contributed by atoms with van der Waals surface area (Å²) in [5, 5.41) is 13.9. The fraction of sp³-hybridized carbons (Fsp3) is 0.750. The molecule has 0 aromatic heterocycles. The van der Waals surface area contributed by atoms with Gasteiger partial charge in [-0.05, 0) is 12.8 Å². The van der Waals surface area contributed by atoms with E-state index in [1.54, 1.807) is 0 Å². The Hall–Kier alpha value is -1.79. The third-order valence-corrected chi connectivity index (χ3v) is 2.57. The summed E-state index contributed by atoms with van der Waals surface area (Å²) in [6, 6.07) is -1.44. The van der Waals surface area contributed by atoms with Gasteiger partial charge in [0.25, 0.3) is 0 Å². The molecule has 3 amide bonds. The summed E-state index contributed by atoms with van der Waals surface area (Å²) in [4.78, 5) is 35.5. The Labute approximate surface area is 113 Å². The average Bonchev–Trinajstić information content (AvgIpc) is 2.37. The lowest BCUT2D eigenvalue weighted by Gasteiger charge is -2.24. The first-order valence-electron chi connectivity index (χ1n) is 6.45. The smallest absolute Gasteiger partial charge is 0.326 e. The van der Waals surface area contributed by atoms with Crippen LogP contribution in [0.15, 0.2) is 0 Å². The molecule has 0 aliphatic heterocycles. The molecule has 0 aromatic carbocycles. The molecule has 7 heteroatoms. The van der Waals surface area contributed by atoms with Gasteiger partial charge in [-0.25, -0.2) is 9.59 Å². The van der Waals surface area contributed by atoms with Crippen LogP contribution in [0.5, 0.6) is 0 Å². The molecule has 1 atom stereocenters. The second-order valence-electron chi connectivity index (χ2n) is 4.22.